The van der Waals surface area contributed by atoms with Gasteiger partial charge in [0.15, 0.2) is 0 Å². The second-order valence-electron chi connectivity index (χ2n) is 7.15. The van der Waals surface area contributed by atoms with Crippen molar-refractivity contribution in [3.63, 3.8) is 0 Å². The van der Waals surface area contributed by atoms with E-state index < -0.39 is 35.5 Å². The summed E-state index contributed by atoms with van der Waals surface area (Å²) in [5.41, 5.74) is -1.56. The molecule has 0 saturated carbocycles. The van der Waals surface area contributed by atoms with Gasteiger partial charge in [-0.2, -0.15) is 31.4 Å². The highest BCUT2D eigenvalue weighted by molar-refractivity contribution is 5.73. The van der Waals surface area contributed by atoms with Gasteiger partial charge in [0.05, 0.1) is 31.5 Å². The molecule has 1 aliphatic heterocycles. The van der Waals surface area contributed by atoms with E-state index in [0.717, 1.165) is 10.7 Å². The number of carbonyl (C=O) groups is 1. The van der Waals surface area contributed by atoms with Crippen LogP contribution in [0.15, 0.2) is 35.1 Å². The molecule has 1 fully saturated rings. The first-order valence-corrected chi connectivity index (χ1v) is 9.64. The molecule has 0 aliphatic carbocycles. The molecule has 1 aliphatic rings. The average molecular weight is 497 g/mol. The maximum atomic E-state index is 13.4. The lowest BCUT2D eigenvalue weighted by Crippen LogP contribution is -2.33. The Bertz CT molecular complexity index is 1040. The number of methoxy groups -OCH3 is 2. The molecule has 188 valence electrons. The van der Waals surface area contributed by atoms with Crippen LogP contribution in [0, 0.1) is 0 Å². The van der Waals surface area contributed by atoms with E-state index in [1.54, 1.807) is 31.4 Å². The zero-order valence-electron chi connectivity index (χ0n) is 17.9. The number of halogens is 6. The van der Waals surface area contributed by atoms with Crippen LogP contribution in [-0.4, -0.2) is 53.9 Å². The number of alkyl halides is 6. The molecule has 1 aromatic carbocycles. The zero-order chi connectivity index (χ0) is 25.7. The van der Waals surface area contributed by atoms with Crippen molar-refractivity contribution in [2.45, 2.75) is 37.5 Å². The van der Waals surface area contributed by atoms with Crippen LogP contribution in [0.1, 0.15) is 29.3 Å². The van der Waals surface area contributed by atoms with Gasteiger partial charge in [0.25, 0.3) is 5.56 Å². The highest BCUT2D eigenvalue weighted by Crippen LogP contribution is 2.30. The van der Waals surface area contributed by atoms with Crippen LogP contribution >= 0.6 is 0 Å². The van der Waals surface area contributed by atoms with Crippen LogP contribution in [0.4, 0.5) is 26.3 Å². The maximum absolute atomic E-state index is 13.4. The Morgan fingerprint density at radius 3 is 2.21 bits per heavy atom. The standard InChI is InChI=1S/C18H20F3N3O3.C2HF3O2/c1-26-12-5-3-11(4-6-12)10-24-17(25)14(18(19,20)21)8-16(23-24)15-7-13(27-2)9-22-15;3-2(4,5)1(6)7/h3-6,8,13,15,22H,7,9-10H2,1-2H3;(H,6,7). The van der Waals surface area contributed by atoms with Crippen molar-refractivity contribution in [3.8, 4) is 5.75 Å². The number of rotatable bonds is 5. The normalized spacial score (nSPS) is 18.2. The first kappa shape index (κ1) is 27.1. The number of hydrogen-bond donors (Lipinski definition) is 2. The van der Waals surface area contributed by atoms with E-state index in [9.17, 15) is 31.1 Å². The molecule has 2 atom stereocenters. The lowest BCUT2D eigenvalue weighted by molar-refractivity contribution is -0.192. The van der Waals surface area contributed by atoms with Crippen LogP contribution in [-0.2, 0) is 22.3 Å². The number of benzene rings is 1. The van der Waals surface area contributed by atoms with Crippen LogP contribution < -0.4 is 15.6 Å². The second kappa shape index (κ2) is 10.9. The summed E-state index contributed by atoms with van der Waals surface area (Å²) in [5.74, 6) is -2.14. The van der Waals surface area contributed by atoms with Gasteiger partial charge >= 0.3 is 18.3 Å². The van der Waals surface area contributed by atoms with Crippen molar-refractivity contribution >= 4 is 5.97 Å². The molecule has 0 bridgehead atoms. The molecular weight excluding hydrogens is 476 g/mol. The van der Waals surface area contributed by atoms with Crippen LogP contribution in [0.3, 0.4) is 0 Å². The Balaban J connectivity index is 0.000000509. The molecule has 2 heterocycles. The van der Waals surface area contributed by atoms with Gasteiger partial charge in [-0.3, -0.25) is 4.79 Å². The minimum Gasteiger partial charge on any atom is -0.497 e. The highest BCUT2D eigenvalue weighted by Gasteiger charge is 2.38. The topological polar surface area (TPSA) is 103 Å². The summed E-state index contributed by atoms with van der Waals surface area (Å²) in [4.78, 5) is 21.2. The van der Waals surface area contributed by atoms with Crippen LogP contribution in [0.5, 0.6) is 5.75 Å². The Morgan fingerprint density at radius 2 is 1.76 bits per heavy atom. The number of aromatic nitrogens is 2. The molecule has 8 nitrogen and oxygen atoms in total. The fourth-order valence-corrected chi connectivity index (χ4v) is 3.05. The van der Waals surface area contributed by atoms with Gasteiger partial charge in [-0.15, -0.1) is 0 Å². The number of nitrogens with one attached hydrogen (secondary N) is 1. The molecule has 2 N–H and O–H groups in total. The van der Waals surface area contributed by atoms with E-state index in [4.69, 9.17) is 19.4 Å². The molecule has 1 aromatic heterocycles. The maximum Gasteiger partial charge on any atom is 0.490 e. The number of nitrogens with zero attached hydrogens (tertiary/aromatic N) is 2. The number of ether oxygens (including phenoxy) is 2. The Hall–Kier alpha value is -3.13. The van der Waals surface area contributed by atoms with Crippen molar-refractivity contribution < 1.29 is 45.7 Å². The van der Waals surface area contributed by atoms with E-state index in [1.165, 1.54) is 7.11 Å². The highest BCUT2D eigenvalue weighted by atomic mass is 19.4. The smallest absolute Gasteiger partial charge is 0.490 e. The van der Waals surface area contributed by atoms with E-state index in [0.29, 0.717) is 24.3 Å². The van der Waals surface area contributed by atoms with Crippen molar-refractivity contribution in [2.24, 2.45) is 0 Å². The summed E-state index contributed by atoms with van der Waals surface area (Å²) < 4.78 is 83.0. The third kappa shape index (κ3) is 7.18. The van der Waals surface area contributed by atoms with Crippen molar-refractivity contribution in [2.75, 3.05) is 20.8 Å². The quantitative estimate of drug-likeness (QED) is 0.613. The third-order valence-corrected chi connectivity index (χ3v) is 4.81. The van der Waals surface area contributed by atoms with Crippen molar-refractivity contribution in [3.05, 3.63) is 57.5 Å². The molecule has 34 heavy (non-hydrogen) atoms. The predicted octanol–water partition coefficient (Wildman–Crippen LogP) is 3.00. The predicted molar refractivity (Wildman–Crippen MR) is 105 cm³/mol. The number of aliphatic carboxylic acids is 1. The summed E-state index contributed by atoms with van der Waals surface area (Å²) in [7, 11) is 3.07. The van der Waals surface area contributed by atoms with Crippen molar-refractivity contribution in [1.29, 1.82) is 0 Å². The van der Waals surface area contributed by atoms with Crippen molar-refractivity contribution in [1.82, 2.24) is 15.1 Å². The summed E-state index contributed by atoms with van der Waals surface area (Å²) >= 11 is 0. The first-order chi connectivity index (χ1) is 15.8. The number of hydrogen-bond acceptors (Lipinski definition) is 6. The SMILES string of the molecule is COc1ccc(Cn2nc(C3CC(OC)CN3)cc(C(F)(F)F)c2=O)cc1.O=C(O)C(F)(F)F. The second-order valence-corrected chi connectivity index (χ2v) is 7.15. The lowest BCUT2D eigenvalue weighted by Gasteiger charge is -2.16. The van der Waals surface area contributed by atoms with Gasteiger partial charge in [0.2, 0.25) is 0 Å². The summed E-state index contributed by atoms with van der Waals surface area (Å²) in [6.07, 6.45) is -9.45. The van der Waals surface area contributed by atoms with Gasteiger partial charge in [0.1, 0.15) is 11.3 Å². The molecular formula is C20H21F6N3O5. The molecule has 2 unspecified atom stereocenters. The van der Waals surface area contributed by atoms with Gasteiger partial charge in [-0.05, 0) is 30.2 Å². The Morgan fingerprint density at radius 1 is 1.18 bits per heavy atom. The largest absolute Gasteiger partial charge is 0.497 e. The molecule has 3 rings (SSSR count). The fraction of sp³-hybridized carbons (Fsp3) is 0.450. The third-order valence-electron chi connectivity index (χ3n) is 4.81. The van der Waals surface area contributed by atoms with E-state index in [2.05, 4.69) is 10.4 Å². The molecule has 0 spiro atoms. The van der Waals surface area contributed by atoms with E-state index >= 15 is 0 Å². The number of carboxylic acid groups (broad SMARTS) is 1. The van der Waals surface area contributed by atoms with Crippen LogP contribution in [0.2, 0.25) is 0 Å². The molecule has 0 amide bonds. The van der Waals surface area contributed by atoms with E-state index in [-0.39, 0.29) is 18.3 Å². The molecule has 14 heteroatoms. The first-order valence-electron chi connectivity index (χ1n) is 9.64. The van der Waals surface area contributed by atoms with Gasteiger partial charge in [0, 0.05) is 13.7 Å². The average Bonchev–Trinajstić information content (AvgIpc) is 3.24. The molecule has 0 radical (unpaired) electrons. The minimum absolute atomic E-state index is 0.0693. The van der Waals surface area contributed by atoms with Gasteiger partial charge in [-0.25, -0.2) is 9.48 Å². The number of carboxylic acids is 1. The minimum atomic E-state index is -5.08. The molecule has 1 saturated heterocycles. The fourth-order valence-electron chi connectivity index (χ4n) is 3.05. The lowest BCUT2D eigenvalue weighted by atomic mass is 10.1. The van der Waals surface area contributed by atoms with E-state index in [1.807, 2.05) is 0 Å². The summed E-state index contributed by atoms with van der Waals surface area (Å²) in [5, 5.41) is 14.4. The molecule has 2 aromatic rings. The monoisotopic (exact) mass is 497 g/mol. The Kier molecular flexibility index (Phi) is 8.66. The summed E-state index contributed by atoms with van der Waals surface area (Å²) in [6, 6.07) is 7.15. The van der Waals surface area contributed by atoms with Gasteiger partial charge < -0.3 is 19.9 Å². The Labute approximate surface area is 189 Å². The van der Waals surface area contributed by atoms with Crippen LogP contribution in [0.25, 0.3) is 0 Å². The zero-order valence-corrected chi connectivity index (χ0v) is 17.9. The van der Waals surface area contributed by atoms with Gasteiger partial charge in [-0.1, -0.05) is 12.1 Å². The summed E-state index contributed by atoms with van der Waals surface area (Å²) in [6.45, 7) is 0.446.